The summed E-state index contributed by atoms with van der Waals surface area (Å²) in [5, 5.41) is 7.79. The topological polar surface area (TPSA) is 9.23 Å². The summed E-state index contributed by atoms with van der Waals surface area (Å²) in [7, 11) is -5.84. The normalized spacial score (nSPS) is 15.0. The number of benzene rings is 4. The summed E-state index contributed by atoms with van der Waals surface area (Å²) in [5.74, 6) is 0. The third-order valence-electron chi connectivity index (χ3n) is 7.38. The Bertz CT molecular complexity index is 1280. The lowest BCUT2D eigenvalue weighted by molar-refractivity contribution is 0.592. The van der Waals surface area contributed by atoms with E-state index < -0.39 is 16.6 Å². The Kier molecular flexibility index (Phi) is 6.58. The molecule has 2 aliphatic rings. The van der Waals surface area contributed by atoms with Crippen LogP contribution in [-0.2, 0) is 4.12 Å². The molecular weight excluding hydrogens is 481 g/mol. The highest BCUT2D eigenvalue weighted by Gasteiger charge is 2.53. The van der Waals surface area contributed by atoms with Gasteiger partial charge in [-0.3, -0.25) is 0 Å². The molecule has 0 radical (unpaired) electrons. The molecule has 4 aromatic carbocycles. The second-order valence-electron chi connectivity index (χ2n) is 9.52. The van der Waals surface area contributed by atoms with Crippen molar-refractivity contribution in [3.05, 3.63) is 168 Å². The average Bonchev–Trinajstić information content (AvgIpc) is 3.72. The molecule has 3 heteroatoms. The molecule has 6 rings (SSSR count). The molecule has 0 fully saturated rings. The lowest BCUT2D eigenvalue weighted by Gasteiger charge is -2.44. The summed E-state index contributed by atoms with van der Waals surface area (Å²) in [5.41, 5.74) is 0. The number of hydrogen-bond donors (Lipinski definition) is 0. The molecule has 4 aromatic rings. The second kappa shape index (κ2) is 10.3. The highest BCUT2D eigenvalue weighted by molar-refractivity contribution is 7.14. The van der Waals surface area contributed by atoms with Crippen molar-refractivity contribution in [1.82, 2.24) is 0 Å². The van der Waals surface area contributed by atoms with Crippen LogP contribution in [-0.4, -0.2) is 16.6 Å². The van der Waals surface area contributed by atoms with Gasteiger partial charge in [0.15, 0.2) is 0 Å². The first-order chi connectivity index (χ1) is 18.3. The molecule has 0 spiro atoms. The molecule has 180 valence electrons. The summed E-state index contributed by atoms with van der Waals surface area (Å²) >= 11 is 0. The van der Waals surface area contributed by atoms with Gasteiger partial charge in [0.25, 0.3) is 16.6 Å². The Morgan fingerprint density at radius 3 is 0.946 bits per heavy atom. The van der Waals surface area contributed by atoms with Gasteiger partial charge in [0.1, 0.15) is 0 Å². The van der Waals surface area contributed by atoms with Crippen molar-refractivity contribution in [2.24, 2.45) is 0 Å². The third kappa shape index (κ3) is 4.15. The SMILES string of the molecule is C1=CC([Si](O[Si](C2=CCC=C2)(c2ccccc2)c2ccccc2)(c2ccccc2)c2ccccc2)=CC1. The van der Waals surface area contributed by atoms with Crippen LogP contribution in [0.3, 0.4) is 0 Å². The van der Waals surface area contributed by atoms with Crippen LogP contribution in [0.4, 0.5) is 0 Å². The van der Waals surface area contributed by atoms with Crippen LogP contribution < -0.4 is 20.7 Å². The zero-order valence-electron chi connectivity index (χ0n) is 20.8. The molecular formula is C34H30OSi2. The van der Waals surface area contributed by atoms with Crippen LogP contribution in [0.15, 0.2) is 168 Å². The molecule has 0 bridgehead atoms. The molecule has 0 atom stereocenters. The van der Waals surface area contributed by atoms with E-state index in [0.29, 0.717) is 0 Å². The van der Waals surface area contributed by atoms with Crippen molar-refractivity contribution in [3.63, 3.8) is 0 Å². The van der Waals surface area contributed by atoms with E-state index in [4.69, 9.17) is 4.12 Å². The van der Waals surface area contributed by atoms with E-state index in [1.807, 2.05) is 0 Å². The van der Waals surface area contributed by atoms with Gasteiger partial charge in [-0.25, -0.2) is 0 Å². The van der Waals surface area contributed by atoms with Crippen LogP contribution in [0.25, 0.3) is 0 Å². The highest BCUT2D eigenvalue weighted by Crippen LogP contribution is 2.32. The number of rotatable bonds is 8. The van der Waals surface area contributed by atoms with Crippen molar-refractivity contribution in [1.29, 1.82) is 0 Å². The minimum atomic E-state index is -2.92. The minimum absolute atomic E-state index is 0.945. The standard InChI is InChI=1S/C34H30OSi2/c1-5-17-29(18-6-1)36(33-25-13-14-26-33,30-19-7-2-8-20-30)35-37(34-27-15-16-28-34,31-21-9-3-10-22-31)32-23-11-4-12-24-32/h1-13,15,17-28H,14,16H2. The first kappa shape index (κ1) is 23.6. The highest BCUT2D eigenvalue weighted by atomic mass is 28.4. The average molecular weight is 511 g/mol. The van der Waals surface area contributed by atoms with Crippen LogP contribution in [0.1, 0.15) is 12.8 Å². The smallest absolute Gasteiger partial charge is 0.278 e. The van der Waals surface area contributed by atoms with Crippen molar-refractivity contribution in [2.45, 2.75) is 12.8 Å². The van der Waals surface area contributed by atoms with Gasteiger partial charge < -0.3 is 4.12 Å². The monoisotopic (exact) mass is 510 g/mol. The summed E-state index contributed by atoms with van der Waals surface area (Å²) in [6, 6.07) is 43.9. The fraction of sp³-hybridized carbons (Fsp3) is 0.0588. The molecule has 0 aromatic heterocycles. The van der Waals surface area contributed by atoms with Gasteiger partial charge >= 0.3 is 0 Å². The molecule has 0 amide bonds. The van der Waals surface area contributed by atoms with Gasteiger partial charge in [0, 0.05) is 0 Å². The van der Waals surface area contributed by atoms with Crippen molar-refractivity contribution in [2.75, 3.05) is 0 Å². The number of hydrogen-bond acceptors (Lipinski definition) is 1. The van der Waals surface area contributed by atoms with Crippen molar-refractivity contribution >= 4 is 37.4 Å². The molecule has 0 saturated heterocycles. The minimum Gasteiger partial charge on any atom is -0.435 e. The third-order valence-corrected chi connectivity index (χ3v) is 16.8. The van der Waals surface area contributed by atoms with Crippen LogP contribution in [0, 0.1) is 0 Å². The zero-order valence-corrected chi connectivity index (χ0v) is 22.8. The molecule has 37 heavy (non-hydrogen) atoms. The van der Waals surface area contributed by atoms with E-state index in [1.165, 1.54) is 31.1 Å². The molecule has 2 aliphatic carbocycles. The Morgan fingerprint density at radius 2 is 0.703 bits per heavy atom. The fourth-order valence-corrected chi connectivity index (χ4v) is 16.5. The molecule has 0 aliphatic heterocycles. The lowest BCUT2D eigenvalue weighted by atomic mass is 10.4. The van der Waals surface area contributed by atoms with Crippen molar-refractivity contribution in [3.8, 4) is 0 Å². The summed E-state index contributed by atoms with van der Waals surface area (Å²) < 4.78 is 8.18. The van der Waals surface area contributed by atoms with E-state index in [-0.39, 0.29) is 0 Å². The summed E-state index contributed by atoms with van der Waals surface area (Å²) in [4.78, 5) is 0. The maximum absolute atomic E-state index is 8.18. The molecule has 0 N–H and O–H groups in total. The van der Waals surface area contributed by atoms with E-state index in [9.17, 15) is 0 Å². The molecule has 0 saturated carbocycles. The fourth-order valence-electron chi connectivity index (χ4n) is 5.71. The Labute approximate surface area is 222 Å². The Morgan fingerprint density at radius 1 is 0.405 bits per heavy atom. The first-order valence-corrected chi connectivity index (χ1v) is 16.8. The second-order valence-corrected chi connectivity index (χ2v) is 16.5. The first-order valence-electron chi connectivity index (χ1n) is 13.0. The molecule has 0 unspecified atom stereocenters. The van der Waals surface area contributed by atoms with E-state index in [0.717, 1.165) is 12.8 Å². The molecule has 0 heterocycles. The van der Waals surface area contributed by atoms with Gasteiger partial charge in [-0.2, -0.15) is 0 Å². The maximum Gasteiger partial charge on any atom is 0.278 e. The predicted molar refractivity (Wildman–Crippen MR) is 161 cm³/mol. The molecule has 1 nitrogen and oxygen atoms in total. The quantitative estimate of drug-likeness (QED) is 0.290. The Balaban J connectivity index is 1.72. The Hall–Kier alpha value is -3.77. The van der Waals surface area contributed by atoms with Gasteiger partial charge in [-0.05, 0) is 44.0 Å². The van der Waals surface area contributed by atoms with Gasteiger partial charge in [-0.1, -0.05) is 158 Å². The van der Waals surface area contributed by atoms with E-state index >= 15 is 0 Å². The largest absolute Gasteiger partial charge is 0.435 e. The van der Waals surface area contributed by atoms with Gasteiger partial charge in [0.05, 0.1) is 0 Å². The lowest BCUT2D eigenvalue weighted by Crippen LogP contribution is -2.74. The predicted octanol–water partition coefficient (Wildman–Crippen LogP) is 5.37. The zero-order chi connectivity index (χ0) is 25.0. The van der Waals surface area contributed by atoms with Crippen molar-refractivity contribution < 1.29 is 4.12 Å². The van der Waals surface area contributed by atoms with Crippen LogP contribution in [0.2, 0.25) is 0 Å². The van der Waals surface area contributed by atoms with E-state index in [2.05, 4.69) is 158 Å². The maximum atomic E-state index is 8.18. The summed E-state index contributed by atoms with van der Waals surface area (Å²) in [6.45, 7) is 0. The summed E-state index contributed by atoms with van der Waals surface area (Å²) in [6.07, 6.45) is 15.9. The van der Waals surface area contributed by atoms with Crippen LogP contribution >= 0.6 is 0 Å². The number of allylic oxidation sites excluding steroid dienone is 8. The van der Waals surface area contributed by atoms with E-state index in [1.54, 1.807) is 0 Å². The van der Waals surface area contributed by atoms with Crippen LogP contribution in [0.5, 0.6) is 0 Å². The van der Waals surface area contributed by atoms with Gasteiger partial charge in [-0.15, -0.1) is 0 Å². The van der Waals surface area contributed by atoms with Gasteiger partial charge in [0.2, 0.25) is 0 Å².